The lowest BCUT2D eigenvalue weighted by Gasteiger charge is -2.25. The Kier molecular flexibility index (Phi) is 5.45. The van der Waals surface area contributed by atoms with Gasteiger partial charge in [-0.25, -0.2) is 0 Å². The maximum absolute atomic E-state index is 12.4. The van der Waals surface area contributed by atoms with Gasteiger partial charge in [0.15, 0.2) is 0 Å². The summed E-state index contributed by atoms with van der Waals surface area (Å²) in [5.41, 5.74) is 0. The molecule has 2 aliphatic heterocycles. The van der Waals surface area contributed by atoms with Crippen molar-refractivity contribution < 1.29 is 9.53 Å². The summed E-state index contributed by atoms with van der Waals surface area (Å²) in [6.45, 7) is 7.72. The topological polar surface area (TPSA) is 32.8 Å². The predicted molar refractivity (Wildman–Crippen MR) is 75.0 cm³/mol. The normalized spacial score (nSPS) is 30.4. The van der Waals surface area contributed by atoms with Crippen LogP contribution < -0.4 is 0 Å². The summed E-state index contributed by atoms with van der Waals surface area (Å²) in [7, 11) is 0. The molecule has 4 nitrogen and oxygen atoms in total. The van der Waals surface area contributed by atoms with Gasteiger partial charge in [0, 0.05) is 38.1 Å². The van der Waals surface area contributed by atoms with Gasteiger partial charge < -0.3 is 14.5 Å². The molecule has 0 aromatic rings. The molecule has 2 unspecified atom stereocenters. The van der Waals surface area contributed by atoms with Crippen molar-refractivity contribution in [2.75, 3.05) is 44.7 Å². The zero-order chi connectivity index (χ0) is 13.0. The van der Waals surface area contributed by atoms with E-state index in [4.69, 9.17) is 4.74 Å². The highest BCUT2D eigenvalue weighted by Crippen LogP contribution is 2.22. The third-order valence-electron chi connectivity index (χ3n) is 3.93. The highest BCUT2D eigenvalue weighted by molar-refractivity contribution is 9.09. The molecule has 0 aromatic carbocycles. The van der Waals surface area contributed by atoms with Crippen LogP contribution >= 0.6 is 15.9 Å². The Morgan fingerprint density at radius 3 is 2.83 bits per heavy atom. The standard InChI is InChI=1S/C13H23BrN2O2/c1-11-3-10-18-12(11)13(17)16-6-2-5-15(7-4-14)8-9-16/h11-12H,2-10H2,1H3. The van der Waals surface area contributed by atoms with Crippen LogP contribution in [0.5, 0.6) is 0 Å². The fourth-order valence-corrected chi connectivity index (χ4v) is 3.23. The van der Waals surface area contributed by atoms with Crippen molar-refractivity contribution in [2.24, 2.45) is 5.92 Å². The van der Waals surface area contributed by atoms with Crippen LogP contribution in [0, 0.1) is 5.92 Å². The first-order chi connectivity index (χ1) is 8.72. The molecule has 2 heterocycles. The summed E-state index contributed by atoms with van der Waals surface area (Å²) in [6, 6.07) is 0. The highest BCUT2D eigenvalue weighted by atomic mass is 79.9. The number of hydrogen-bond donors (Lipinski definition) is 0. The maximum atomic E-state index is 12.4. The zero-order valence-electron chi connectivity index (χ0n) is 11.1. The maximum Gasteiger partial charge on any atom is 0.252 e. The summed E-state index contributed by atoms with van der Waals surface area (Å²) in [5, 5.41) is 1.00. The fraction of sp³-hybridized carbons (Fsp3) is 0.923. The van der Waals surface area contributed by atoms with Crippen molar-refractivity contribution in [1.29, 1.82) is 0 Å². The van der Waals surface area contributed by atoms with E-state index in [0.29, 0.717) is 5.92 Å². The molecular weight excluding hydrogens is 296 g/mol. The molecule has 2 saturated heterocycles. The average molecular weight is 319 g/mol. The van der Waals surface area contributed by atoms with E-state index < -0.39 is 0 Å². The molecule has 1 amide bonds. The molecule has 2 fully saturated rings. The van der Waals surface area contributed by atoms with Gasteiger partial charge in [-0.2, -0.15) is 0 Å². The largest absolute Gasteiger partial charge is 0.368 e. The zero-order valence-corrected chi connectivity index (χ0v) is 12.7. The molecule has 0 N–H and O–H groups in total. The average Bonchev–Trinajstić information content (AvgIpc) is 2.64. The first-order valence-corrected chi connectivity index (χ1v) is 8.03. The van der Waals surface area contributed by atoms with Gasteiger partial charge >= 0.3 is 0 Å². The summed E-state index contributed by atoms with van der Waals surface area (Å²) in [5.74, 6) is 0.583. The van der Waals surface area contributed by atoms with Crippen molar-refractivity contribution in [3.63, 3.8) is 0 Å². The molecule has 2 aliphatic rings. The monoisotopic (exact) mass is 318 g/mol. The Bertz CT molecular complexity index is 288. The Morgan fingerprint density at radius 2 is 2.17 bits per heavy atom. The molecule has 0 spiro atoms. The summed E-state index contributed by atoms with van der Waals surface area (Å²) in [4.78, 5) is 16.8. The molecular formula is C13H23BrN2O2. The fourth-order valence-electron chi connectivity index (χ4n) is 2.73. The molecule has 0 bridgehead atoms. The van der Waals surface area contributed by atoms with E-state index in [-0.39, 0.29) is 12.0 Å². The van der Waals surface area contributed by atoms with E-state index in [1.165, 1.54) is 0 Å². The van der Waals surface area contributed by atoms with Gasteiger partial charge in [-0.3, -0.25) is 4.79 Å². The number of amides is 1. The summed E-state index contributed by atoms with van der Waals surface area (Å²) < 4.78 is 5.58. The van der Waals surface area contributed by atoms with Gasteiger partial charge in [0.05, 0.1) is 0 Å². The van der Waals surface area contributed by atoms with Gasteiger partial charge in [-0.05, 0) is 25.3 Å². The van der Waals surface area contributed by atoms with E-state index in [1.54, 1.807) is 0 Å². The minimum Gasteiger partial charge on any atom is -0.368 e. The van der Waals surface area contributed by atoms with E-state index in [2.05, 4.69) is 27.8 Å². The second kappa shape index (κ2) is 6.87. The number of nitrogens with zero attached hydrogens (tertiary/aromatic N) is 2. The van der Waals surface area contributed by atoms with Crippen LogP contribution in [0.15, 0.2) is 0 Å². The van der Waals surface area contributed by atoms with Crippen molar-refractivity contribution >= 4 is 21.8 Å². The molecule has 0 aromatic heterocycles. The smallest absolute Gasteiger partial charge is 0.252 e. The summed E-state index contributed by atoms with van der Waals surface area (Å²) >= 11 is 3.47. The van der Waals surface area contributed by atoms with Crippen LogP contribution in [-0.2, 0) is 9.53 Å². The molecule has 2 rings (SSSR count). The number of hydrogen-bond acceptors (Lipinski definition) is 3. The molecule has 0 aliphatic carbocycles. The number of carbonyl (C=O) groups is 1. The van der Waals surface area contributed by atoms with Crippen molar-refractivity contribution in [1.82, 2.24) is 9.80 Å². The van der Waals surface area contributed by atoms with Gasteiger partial charge in [0.2, 0.25) is 0 Å². The van der Waals surface area contributed by atoms with E-state index >= 15 is 0 Å². The Morgan fingerprint density at radius 1 is 1.33 bits per heavy atom. The lowest BCUT2D eigenvalue weighted by molar-refractivity contribution is -0.142. The lowest BCUT2D eigenvalue weighted by Crippen LogP contribution is -2.43. The predicted octanol–water partition coefficient (Wildman–Crippen LogP) is 1.34. The lowest BCUT2D eigenvalue weighted by atomic mass is 10.0. The number of ether oxygens (including phenoxy) is 1. The van der Waals surface area contributed by atoms with E-state index in [9.17, 15) is 4.79 Å². The number of rotatable bonds is 3. The van der Waals surface area contributed by atoms with Gasteiger partial charge in [0.1, 0.15) is 6.10 Å². The van der Waals surface area contributed by atoms with Crippen LogP contribution in [0.3, 0.4) is 0 Å². The van der Waals surface area contributed by atoms with E-state index in [0.717, 1.165) is 57.5 Å². The van der Waals surface area contributed by atoms with Crippen molar-refractivity contribution in [3.8, 4) is 0 Å². The Labute approximate surface area is 118 Å². The first-order valence-electron chi connectivity index (χ1n) is 6.91. The van der Waals surface area contributed by atoms with Gasteiger partial charge in [-0.1, -0.05) is 22.9 Å². The molecule has 0 saturated carbocycles. The SMILES string of the molecule is CC1CCOC1C(=O)N1CCCN(CCBr)CC1. The van der Waals surface area contributed by atoms with Crippen LogP contribution in [0.4, 0.5) is 0 Å². The minimum absolute atomic E-state index is 0.187. The van der Waals surface area contributed by atoms with Crippen molar-refractivity contribution in [3.05, 3.63) is 0 Å². The summed E-state index contributed by atoms with van der Waals surface area (Å²) in [6.07, 6.45) is 1.90. The third-order valence-corrected chi connectivity index (χ3v) is 4.29. The van der Waals surface area contributed by atoms with Crippen LogP contribution in [0.2, 0.25) is 0 Å². The minimum atomic E-state index is -0.187. The number of alkyl halides is 1. The van der Waals surface area contributed by atoms with Crippen molar-refractivity contribution in [2.45, 2.75) is 25.9 Å². The quantitative estimate of drug-likeness (QED) is 0.736. The Balaban J connectivity index is 1.87. The number of carbonyl (C=O) groups excluding carboxylic acids is 1. The molecule has 2 atom stereocenters. The van der Waals surface area contributed by atoms with Crippen LogP contribution in [0.1, 0.15) is 19.8 Å². The second-order valence-corrected chi connectivity index (χ2v) is 6.06. The molecule has 0 radical (unpaired) electrons. The first kappa shape index (κ1) is 14.3. The third kappa shape index (κ3) is 3.45. The number of halogens is 1. The van der Waals surface area contributed by atoms with Crippen LogP contribution in [0.25, 0.3) is 0 Å². The molecule has 18 heavy (non-hydrogen) atoms. The molecule has 5 heteroatoms. The molecule has 104 valence electrons. The highest BCUT2D eigenvalue weighted by Gasteiger charge is 2.34. The Hall–Kier alpha value is -0.130. The van der Waals surface area contributed by atoms with Gasteiger partial charge in [0.25, 0.3) is 5.91 Å². The second-order valence-electron chi connectivity index (χ2n) is 5.27. The van der Waals surface area contributed by atoms with Crippen LogP contribution in [-0.4, -0.2) is 66.5 Å². The van der Waals surface area contributed by atoms with Gasteiger partial charge in [-0.15, -0.1) is 0 Å². The van der Waals surface area contributed by atoms with E-state index in [1.807, 2.05) is 4.90 Å².